The molecule has 0 saturated carbocycles. The first-order valence-corrected chi connectivity index (χ1v) is 8.59. The predicted molar refractivity (Wildman–Crippen MR) is 95.9 cm³/mol. The van der Waals surface area contributed by atoms with E-state index in [0.717, 1.165) is 17.2 Å². The third kappa shape index (κ3) is 3.68. The Labute approximate surface area is 139 Å². The van der Waals surface area contributed by atoms with Gasteiger partial charge in [-0.15, -0.1) is 11.3 Å². The van der Waals surface area contributed by atoms with E-state index in [1.807, 2.05) is 31.3 Å². The molecule has 0 fully saturated rings. The van der Waals surface area contributed by atoms with Gasteiger partial charge in [-0.3, -0.25) is 9.69 Å². The second-order valence-corrected chi connectivity index (χ2v) is 7.26. The van der Waals surface area contributed by atoms with Crippen molar-refractivity contribution in [3.63, 3.8) is 0 Å². The van der Waals surface area contributed by atoms with E-state index in [1.54, 1.807) is 11.3 Å². The van der Waals surface area contributed by atoms with E-state index >= 15 is 0 Å². The van der Waals surface area contributed by atoms with Gasteiger partial charge < -0.3 is 4.98 Å². The standard InChI is InChI=1S/C18H21N3OS/c1-12(2)15-9-14-17(22)19-16(20-18(14)23-15)11-21(3)10-13-7-5-4-6-8-13/h4-9,12H,10-11H2,1-3H3,(H,19,20,22). The summed E-state index contributed by atoms with van der Waals surface area (Å²) in [5.41, 5.74) is 1.21. The number of aromatic amines is 1. The zero-order chi connectivity index (χ0) is 16.4. The maximum absolute atomic E-state index is 12.3. The minimum Gasteiger partial charge on any atom is -0.309 e. The largest absolute Gasteiger partial charge is 0.309 e. The Morgan fingerprint density at radius 1 is 1.22 bits per heavy atom. The highest BCUT2D eigenvalue weighted by atomic mass is 32.1. The molecule has 3 rings (SSSR count). The average molecular weight is 327 g/mol. The first-order chi connectivity index (χ1) is 11.0. The van der Waals surface area contributed by atoms with Crippen LogP contribution < -0.4 is 5.56 Å². The molecule has 0 aliphatic heterocycles. The smallest absolute Gasteiger partial charge is 0.259 e. The summed E-state index contributed by atoms with van der Waals surface area (Å²) in [5.74, 6) is 1.14. The number of nitrogens with one attached hydrogen (secondary N) is 1. The fourth-order valence-electron chi connectivity index (χ4n) is 2.56. The molecule has 2 aromatic heterocycles. The van der Waals surface area contributed by atoms with Crippen LogP contribution in [0.15, 0.2) is 41.2 Å². The molecule has 3 aromatic rings. The van der Waals surface area contributed by atoms with Crippen LogP contribution >= 0.6 is 11.3 Å². The van der Waals surface area contributed by atoms with Gasteiger partial charge in [-0.1, -0.05) is 44.2 Å². The molecule has 0 amide bonds. The number of hydrogen-bond donors (Lipinski definition) is 1. The van der Waals surface area contributed by atoms with Crippen molar-refractivity contribution in [3.05, 3.63) is 63.0 Å². The van der Waals surface area contributed by atoms with Crippen molar-refractivity contribution in [2.24, 2.45) is 0 Å². The van der Waals surface area contributed by atoms with Crippen LogP contribution in [0.25, 0.3) is 10.2 Å². The molecule has 0 saturated heterocycles. The van der Waals surface area contributed by atoms with Crippen LogP contribution in [0.5, 0.6) is 0 Å². The van der Waals surface area contributed by atoms with Crippen molar-refractivity contribution >= 4 is 21.6 Å². The van der Waals surface area contributed by atoms with Crippen LogP contribution in [0.2, 0.25) is 0 Å². The van der Waals surface area contributed by atoms with E-state index in [2.05, 4.69) is 40.8 Å². The van der Waals surface area contributed by atoms with E-state index in [1.165, 1.54) is 10.4 Å². The fraction of sp³-hybridized carbons (Fsp3) is 0.333. The lowest BCUT2D eigenvalue weighted by Crippen LogP contribution is -2.21. The Hall–Kier alpha value is -1.98. The van der Waals surface area contributed by atoms with E-state index in [9.17, 15) is 4.79 Å². The van der Waals surface area contributed by atoms with Gasteiger partial charge in [0.05, 0.1) is 11.9 Å². The number of H-pyrrole nitrogens is 1. The zero-order valence-electron chi connectivity index (χ0n) is 13.7. The molecular formula is C18H21N3OS. The number of rotatable bonds is 5. The van der Waals surface area contributed by atoms with Gasteiger partial charge >= 0.3 is 0 Å². The summed E-state index contributed by atoms with van der Waals surface area (Å²) in [6.07, 6.45) is 0. The third-order valence-electron chi connectivity index (χ3n) is 3.75. The number of thiophene rings is 1. The Morgan fingerprint density at radius 2 is 1.96 bits per heavy atom. The second-order valence-electron chi connectivity index (χ2n) is 6.19. The van der Waals surface area contributed by atoms with E-state index in [0.29, 0.717) is 17.8 Å². The molecule has 1 aromatic carbocycles. The minimum atomic E-state index is -0.0405. The lowest BCUT2D eigenvalue weighted by molar-refractivity contribution is 0.311. The van der Waals surface area contributed by atoms with Gasteiger partial charge in [0.2, 0.25) is 0 Å². The van der Waals surface area contributed by atoms with Gasteiger partial charge in [0, 0.05) is 11.4 Å². The summed E-state index contributed by atoms with van der Waals surface area (Å²) in [5, 5.41) is 0.702. The molecular weight excluding hydrogens is 306 g/mol. The molecule has 0 aliphatic carbocycles. The van der Waals surface area contributed by atoms with Crippen LogP contribution in [0.3, 0.4) is 0 Å². The lowest BCUT2D eigenvalue weighted by atomic mass is 10.2. The zero-order valence-corrected chi connectivity index (χ0v) is 14.5. The summed E-state index contributed by atoms with van der Waals surface area (Å²) in [6, 6.07) is 12.3. The lowest BCUT2D eigenvalue weighted by Gasteiger charge is -2.15. The number of aromatic nitrogens is 2. The highest BCUT2D eigenvalue weighted by molar-refractivity contribution is 7.18. The molecule has 0 bridgehead atoms. The van der Waals surface area contributed by atoms with Gasteiger partial charge in [-0.2, -0.15) is 0 Å². The van der Waals surface area contributed by atoms with Gasteiger partial charge in [-0.25, -0.2) is 4.98 Å². The molecule has 0 atom stereocenters. The van der Waals surface area contributed by atoms with Crippen LogP contribution in [-0.2, 0) is 13.1 Å². The highest BCUT2D eigenvalue weighted by Crippen LogP contribution is 2.27. The van der Waals surface area contributed by atoms with E-state index in [4.69, 9.17) is 0 Å². The molecule has 0 aliphatic rings. The first-order valence-electron chi connectivity index (χ1n) is 7.78. The number of hydrogen-bond acceptors (Lipinski definition) is 4. The quantitative estimate of drug-likeness (QED) is 0.776. The number of nitrogens with zero attached hydrogens (tertiary/aromatic N) is 2. The minimum absolute atomic E-state index is 0.0405. The molecule has 0 spiro atoms. The Kier molecular flexibility index (Phi) is 4.59. The van der Waals surface area contributed by atoms with Crippen molar-refractivity contribution in [3.8, 4) is 0 Å². The third-order valence-corrected chi connectivity index (χ3v) is 5.08. The predicted octanol–water partition coefficient (Wildman–Crippen LogP) is 3.74. The van der Waals surface area contributed by atoms with Crippen LogP contribution in [0.1, 0.15) is 36.0 Å². The van der Waals surface area contributed by atoms with Crippen molar-refractivity contribution in [2.45, 2.75) is 32.9 Å². The normalized spacial score (nSPS) is 11.7. The average Bonchev–Trinajstić information content (AvgIpc) is 2.93. The van der Waals surface area contributed by atoms with Gasteiger partial charge in [-0.05, 0) is 24.6 Å². The summed E-state index contributed by atoms with van der Waals surface area (Å²) in [4.78, 5) is 24.0. The summed E-state index contributed by atoms with van der Waals surface area (Å²) >= 11 is 1.62. The van der Waals surface area contributed by atoms with E-state index in [-0.39, 0.29) is 5.56 Å². The molecule has 2 heterocycles. The van der Waals surface area contributed by atoms with Crippen molar-refractivity contribution < 1.29 is 0 Å². The molecule has 120 valence electrons. The van der Waals surface area contributed by atoms with Gasteiger partial charge in [0.1, 0.15) is 10.7 Å². The number of benzene rings is 1. The van der Waals surface area contributed by atoms with E-state index < -0.39 is 0 Å². The molecule has 0 unspecified atom stereocenters. The van der Waals surface area contributed by atoms with Crippen molar-refractivity contribution in [1.82, 2.24) is 14.9 Å². The molecule has 0 radical (unpaired) electrons. The van der Waals surface area contributed by atoms with Crippen LogP contribution in [-0.4, -0.2) is 21.9 Å². The highest BCUT2D eigenvalue weighted by Gasteiger charge is 2.12. The molecule has 1 N–H and O–H groups in total. The molecule has 23 heavy (non-hydrogen) atoms. The first kappa shape index (κ1) is 15.9. The maximum atomic E-state index is 12.3. The summed E-state index contributed by atoms with van der Waals surface area (Å²) in [7, 11) is 2.03. The van der Waals surface area contributed by atoms with Gasteiger partial charge in [0.25, 0.3) is 5.56 Å². The Balaban J connectivity index is 1.81. The molecule has 4 nitrogen and oxygen atoms in total. The topological polar surface area (TPSA) is 49.0 Å². The van der Waals surface area contributed by atoms with Crippen molar-refractivity contribution in [1.29, 1.82) is 0 Å². The fourth-order valence-corrected chi connectivity index (χ4v) is 3.61. The summed E-state index contributed by atoms with van der Waals surface area (Å²) in [6.45, 7) is 5.71. The van der Waals surface area contributed by atoms with Crippen LogP contribution in [0, 0.1) is 0 Å². The second kappa shape index (κ2) is 6.64. The molecule has 5 heteroatoms. The van der Waals surface area contributed by atoms with Crippen LogP contribution in [0.4, 0.5) is 0 Å². The monoisotopic (exact) mass is 327 g/mol. The van der Waals surface area contributed by atoms with Crippen molar-refractivity contribution in [2.75, 3.05) is 7.05 Å². The Morgan fingerprint density at radius 3 is 2.65 bits per heavy atom. The SMILES string of the molecule is CC(C)c1cc2c(=O)[nH]c(CN(C)Cc3ccccc3)nc2s1. The van der Waals surface area contributed by atoms with Gasteiger partial charge in [0.15, 0.2) is 0 Å². The summed E-state index contributed by atoms with van der Waals surface area (Å²) < 4.78 is 0. The Bertz CT molecular complexity index is 852. The number of fused-ring (bicyclic) bond motifs is 1. The maximum Gasteiger partial charge on any atom is 0.259 e.